The first kappa shape index (κ1) is 27.3. The van der Waals surface area contributed by atoms with E-state index in [0.29, 0.717) is 28.1 Å². The second kappa shape index (κ2) is 11.4. The fourth-order valence-corrected chi connectivity index (χ4v) is 3.76. The van der Waals surface area contributed by atoms with Crippen LogP contribution in [-0.4, -0.2) is 45.4 Å². The Morgan fingerprint density at radius 2 is 1.74 bits per heavy atom. The first-order valence-electron chi connectivity index (χ1n) is 11.6. The van der Waals surface area contributed by atoms with Gasteiger partial charge in [0.2, 0.25) is 17.9 Å². The van der Waals surface area contributed by atoms with Crippen molar-refractivity contribution in [1.82, 2.24) is 15.0 Å². The van der Waals surface area contributed by atoms with E-state index in [4.69, 9.17) is 26.0 Å². The largest absolute Gasteiger partial charge is 0.497 e. The summed E-state index contributed by atoms with van der Waals surface area (Å²) in [5.41, 5.74) is 13.6. The van der Waals surface area contributed by atoms with Crippen LogP contribution < -0.4 is 20.9 Å². The van der Waals surface area contributed by atoms with Gasteiger partial charge < -0.3 is 26.0 Å². The molecule has 9 nitrogen and oxygen atoms in total. The number of aliphatic carboxylic acids is 1. The molecule has 4 rings (SSSR count). The number of pyridine rings is 1. The summed E-state index contributed by atoms with van der Waals surface area (Å²) < 4.78 is 52.6. The summed E-state index contributed by atoms with van der Waals surface area (Å²) >= 11 is 0. The van der Waals surface area contributed by atoms with E-state index in [1.54, 1.807) is 48.5 Å². The molecule has 0 radical (unpaired) electrons. The van der Waals surface area contributed by atoms with Crippen LogP contribution in [0.1, 0.15) is 17.2 Å². The number of hydrogen-bond donors (Lipinski definition) is 3. The minimum Gasteiger partial charge on any atom is -0.497 e. The lowest BCUT2D eigenvalue weighted by molar-refractivity contribution is -0.198. The van der Waals surface area contributed by atoms with Crippen LogP contribution >= 0.6 is 0 Å². The van der Waals surface area contributed by atoms with Gasteiger partial charge >= 0.3 is 12.1 Å². The molecule has 2 unspecified atom stereocenters. The number of alkyl halides is 3. The molecule has 39 heavy (non-hydrogen) atoms. The lowest BCUT2D eigenvalue weighted by Crippen LogP contribution is -2.32. The molecule has 0 bridgehead atoms. The number of nitrogen functional groups attached to an aromatic ring is 1. The summed E-state index contributed by atoms with van der Waals surface area (Å²) in [5.74, 6) is -1.21. The van der Waals surface area contributed by atoms with Crippen LogP contribution in [0.25, 0.3) is 22.5 Å². The van der Waals surface area contributed by atoms with Crippen molar-refractivity contribution >= 4 is 11.9 Å². The van der Waals surface area contributed by atoms with Gasteiger partial charge in [-0.2, -0.15) is 18.2 Å². The number of carboxylic acids is 1. The summed E-state index contributed by atoms with van der Waals surface area (Å²) in [6, 6.07) is 16.4. The first-order valence-corrected chi connectivity index (χ1v) is 11.6. The van der Waals surface area contributed by atoms with Gasteiger partial charge in [-0.25, -0.2) is 4.98 Å². The highest BCUT2D eigenvalue weighted by Crippen LogP contribution is 2.37. The van der Waals surface area contributed by atoms with E-state index in [9.17, 15) is 18.0 Å². The van der Waals surface area contributed by atoms with Crippen LogP contribution in [0.4, 0.5) is 19.1 Å². The molecular formula is C27H24F3N5O4. The summed E-state index contributed by atoms with van der Waals surface area (Å²) in [6.45, 7) is 0. The van der Waals surface area contributed by atoms with E-state index in [1.807, 2.05) is 0 Å². The topological polar surface area (TPSA) is 146 Å². The van der Waals surface area contributed by atoms with Crippen molar-refractivity contribution in [2.45, 2.75) is 24.7 Å². The zero-order chi connectivity index (χ0) is 28.2. The van der Waals surface area contributed by atoms with Crippen molar-refractivity contribution in [2.24, 2.45) is 5.73 Å². The number of nitrogens with two attached hydrogens (primary N) is 2. The number of halogens is 3. The molecule has 0 spiro atoms. The third-order valence-corrected chi connectivity index (χ3v) is 5.73. The molecule has 0 amide bonds. The number of methoxy groups -OCH3 is 1. The van der Waals surface area contributed by atoms with Crippen molar-refractivity contribution in [1.29, 1.82) is 0 Å². The van der Waals surface area contributed by atoms with E-state index in [2.05, 4.69) is 15.0 Å². The highest BCUT2D eigenvalue weighted by atomic mass is 19.4. The van der Waals surface area contributed by atoms with Gasteiger partial charge in [-0.3, -0.25) is 9.78 Å². The molecule has 0 saturated heterocycles. The minimum absolute atomic E-state index is 0.105. The Labute approximate surface area is 221 Å². The molecule has 12 heteroatoms. The lowest BCUT2D eigenvalue weighted by atomic mass is 10.0. The monoisotopic (exact) mass is 539 g/mol. The van der Waals surface area contributed by atoms with E-state index >= 15 is 0 Å². The van der Waals surface area contributed by atoms with Crippen LogP contribution in [0.5, 0.6) is 11.6 Å². The van der Waals surface area contributed by atoms with Crippen LogP contribution in [0.15, 0.2) is 72.9 Å². The number of rotatable bonds is 9. The van der Waals surface area contributed by atoms with Gasteiger partial charge in [-0.1, -0.05) is 42.5 Å². The SMILES string of the molecule is COc1cccc(-c2ccc(C(Oc3cc(-c4ccc(CC(N)C(=O)O)cc4)nc(N)n3)C(F)(F)F)cn2)c1. The van der Waals surface area contributed by atoms with Crippen LogP contribution in [0.3, 0.4) is 0 Å². The van der Waals surface area contributed by atoms with Gasteiger partial charge in [-0.05, 0) is 30.2 Å². The molecule has 0 saturated carbocycles. The zero-order valence-electron chi connectivity index (χ0n) is 20.6. The maximum atomic E-state index is 14.0. The van der Waals surface area contributed by atoms with Gasteiger partial charge in [0.05, 0.1) is 18.5 Å². The summed E-state index contributed by atoms with van der Waals surface area (Å²) in [5, 5.41) is 8.98. The van der Waals surface area contributed by atoms with Crippen LogP contribution in [0.2, 0.25) is 0 Å². The Hall–Kier alpha value is -4.71. The van der Waals surface area contributed by atoms with Gasteiger partial charge in [0, 0.05) is 29.0 Å². The Balaban J connectivity index is 1.58. The maximum Gasteiger partial charge on any atom is 0.429 e. The Morgan fingerprint density at radius 3 is 2.36 bits per heavy atom. The molecule has 0 aliphatic heterocycles. The molecule has 202 valence electrons. The van der Waals surface area contributed by atoms with Gasteiger partial charge in [0.25, 0.3) is 0 Å². The third kappa shape index (κ3) is 6.79. The lowest BCUT2D eigenvalue weighted by Gasteiger charge is -2.22. The molecule has 0 fully saturated rings. The van der Waals surface area contributed by atoms with Crippen molar-refractivity contribution in [3.05, 3.63) is 84.1 Å². The molecule has 5 N–H and O–H groups in total. The molecule has 2 aromatic carbocycles. The zero-order valence-corrected chi connectivity index (χ0v) is 20.6. The predicted octanol–water partition coefficient (Wildman–Crippen LogP) is 4.43. The number of carbonyl (C=O) groups is 1. The van der Waals surface area contributed by atoms with Gasteiger partial charge in [0.1, 0.15) is 11.8 Å². The molecule has 2 atom stereocenters. The van der Waals surface area contributed by atoms with E-state index in [0.717, 1.165) is 6.20 Å². The van der Waals surface area contributed by atoms with Crippen molar-refractivity contribution < 1.29 is 32.5 Å². The minimum atomic E-state index is -4.79. The number of ether oxygens (including phenoxy) is 2. The normalized spacial score (nSPS) is 12.9. The Morgan fingerprint density at radius 1 is 1.00 bits per heavy atom. The van der Waals surface area contributed by atoms with E-state index in [1.165, 1.54) is 25.3 Å². The number of aromatic nitrogens is 3. The van der Waals surface area contributed by atoms with E-state index in [-0.39, 0.29) is 29.5 Å². The standard InChI is InChI=1S/C27H24F3N5O4/c1-38-19-4-2-3-17(12-19)21-10-9-18(14-33-21)24(27(28,29)30)39-23-13-22(34-26(32)35-23)16-7-5-15(6-8-16)11-20(31)25(36)37/h2-10,12-14,20,24H,11,31H2,1H3,(H,36,37)(H2,32,34,35). The van der Waals surface area contributed by atoms with Gasteiger partial charge in [0.15, 0.2) is 0 Å². The third-order valence-electron chi connectivity index (χ3n) is 5.73. The molecular weight excluding hydrogens is 515 g/mol. The first-order chi connectivity index (χ1) is 18.5. The average molecular weight is 540 g/mol. The summed E-state index contributed by atoms with van der Waals surface area (Å²) in [7, 11) is 1.51. The van der Waals surface area contributed by atoms with Crippen molar-refractivity contribution in [3.63, 3.8) is 0 Å². The van der Waals surface area contributed by atoms with Crippen molar-refractivity contribution in [3.8, 4) is 34.1 Å². The van der Waals surface area contributed by atoms with Gasteiger partial charge in [-0.15, -0.1) is 0 Å². The smallest absolute Gasteiger partial charge is 0.429 e. The fourth-order valence-electron chi connectivity index (χ4n) is 3.76. The predicted molar refractivity (Wildman–Crippen MR) is 137 cm³/mol. The molecule has 2 heterocycles. The number of benzene rings is 2. The second-order valence-electron chi connectivity index (χ2n) is 8.54. The summed E-state index contributed by atoms with van der Waals surface area (Å²) in [4.78, 5) is 23.1. The molecule has 0 aliphatic carbocycles. The van der Waals surface area contributed by atoms with Crippen LogP contribution in [-0.2, 0) is 11.2 Å². The van der Waals surface area contributed by atoms with E-state index < -0.39 is 24.3 Å². The Bertz CT molecular complexity index is 1450. The number of carboxylic acid groups (broad SMARTS) is 1. The molecule has 4 aromatic rings. The second-order valence-corrected chi connectivity index (χ2v) is 8.54. The highest BCUT2D eigenvalue weighted by molar-refractivity contribution is 5.73. The average Bonchev–Trinajstić information content (AvgIpc) is 2.91. The quantitative estimate of drug-likeness (QED) is 0.281. The molecule has 0 aliphatic rings. The van der Waals surface area contributed by atoms with Crippen molar-refractivity contribution in [2.75, 3.05) is 12.8 Å². The Kier molecular flexibility index (Phi) is 7.96. The molecule has 2 aromatic heterocycles. The highest BCUT2D eigenvalue weighted by Gasteiger charge is 2.43. The fraction of sp³-hybridized carbons (Fsp3) is 0.185. The maximum absolute atomic E-state index is 14.0. The summed E-state index contributed by atoms with van der Waals surface area (Å²) in [6.07, 6.45) is -5.96. The number of anilines is 1. The van der Waals surface area contributed by atoms with Crippen LogP contribution in [0, 0.1) is 0 Å². The number of nitrogens with zero attached hydrogens (tertiary/aromatic N) is 3. The number of hydrogen-bond acceptors (Lipinski definition) is 8.